The Balaban J connectivity index is 2.03. The summed E-state index contributed by atoms with van der Waals surface area (Å²) in [6.07, 6.45) is 0. The zero-order valence-electron chi connectivity index (χ0n) is 10.4. The molecule has 0 saturated carbocycles. The van der Waals surface area contributed by atoms with E-state index in [0.29, 0.717) is 0 Å². The number of benzene rings is 2. The molecular formula is C16H18S. The van der Waals surface area contributed by atoms with Crippen LogP contribution in [0.1, 0.15) is 19.4 Å². The maximum atomic E-state index is 2.30. The second kappa shape index (κ2) is 5.42. The molecule has 1 heteroatoms. The van der Waals surface area contributed by atoms with Gasteiger partial charge in [-0.3, -0.25) is 0 Å². The summed E-state index contributed by atoms with van der Waals surface area (Å²) in [5.41, 5.74) is 1.62. The molecule has 0 amide bonds. The van der Waals surface area contributed by atoms with Gasteiger partial charge in [0.15, 0.2) is 0 Å². The number of hydrogen-bond acceptors (Lipinski definition) is 1. The SMILES string of the molecule is CC(C)(CSc1ccccc1)c1ccccc1. The second-order valence-electron chi connectivity index (χ2n) is 4.85. The first-order valence-corrected chi connectivity index (χ1v) is 6.90. The van der Waals surface area contributed by atoms with Gasteiger partial charge in [-0.1, -0.05) is 62.4 Å². The molecule has 0 spiro atoms. The van der Waals surface area contributed by atoms with Crippen LogP contribution in [-0.4, -0.2) is 5.75 Å². The Kier molecular flexibility index (Phi) is 3.90. The van der Waals surface area contributed by atoms with Gasteiger partial charge < -0.3 is 0 Å². The van der Waals surface area contributed by atoms with Crippen molar-refractivity contribution in [1.29, 1.82) is 0 Å². The Bertz CT molecular complexity index is 445. The largest absolute Gasteiger partial charge is 0.125 e. The topological polar surface area (TPSA) is 0 Å². The molecule has 2 aromatic carbocycles. The average molecular weight is 242 g/mol. The molecule has 0 heterocycles. The van der Waals surface area contributed by atoms with Crippen molar-refractivity contribution in [1.82, 2.24) is 0 Å². The first-order valence-electron chi connectivity index (χ1n) is 5.92. The van der Waals surface area contributed by atoms with E-state index in [1.54, 1.807) is 0 Å². The monoisotopic (exact) mass is 242 g/mol. The van der Waals surface area contributed by atoms with Crippen molar-refractivity contribution in [3.05, 3.63) is 66.2 Å². The maximum absolute atomic E-state index is 2.30. The van der Waals surface area contributed by atoms with E-state index in [9.17, 15) is 0 Å². The van der Waals surface area contributed by atoms with Crippen molar-refractivity contribution in [3.63, 3.8) is 0 Å². The summed E-state index contributed by atoms with van der Waals surface area (Å²) in [5.74, 6) is 1.10. The summed E-state index contributed by atoms with van der Waals surface area (Å²) in [6.45, 7) is 4.61. The molecule has 0 unspecified atom stereocenters. The van der Waals surface area contributed by atoms with Gasteiger partial charge in [-0.05, 0) is 23.1 Å². The smallest absolute Gasteiger partial charge is 0.00722 e. The molecule has 0 aliphatic rings. The molecule has 0 aliphatic carbocycles. The van der Waals surface area contributed by atoms with Crippen LogP contribution in [0.5, 0.6) is 0 Å². The van der Waals surface area contributed by atoms with E-state index >= 15 is 0 Å². The second-order valence-corrected chi connectivity index (χ2v) is 5.90. The number of rotatable bonds is 4. The number of thioether (sulfide) groups is 1. The van der Waals surface area contributed by atoms with E-state index in [-0.39, 0.29) is 5.41 Å². The summed E-state index contributed by atoms with van der Waals surface area (Å²) in [7, 11) is 0. The van der Waals surface area contributed by atoms with Gasteiger partial charge in [-0.25, -0.2) is 0 Å². The Morgan fingerprint density at radius 3 is 1.94 bits per heavy atom. The molecule has 2 rings (SSSR count). The van der Waals surface area contributed by atoms with Gasteiger partial charge in [0.05, 0.1) is 0 Å². The quantitative estimate of drug-likeness (QED) is 0.697. The minimum atomic E-state index is 0.210. The summed E-state index contributed by atoms with van der Waals surface area (Å²) < 4.78 is 0. The van der Waals surface area contributed by atoms with E-state index < -0.39 is 0 Å². The Morgan fingerprint density at radius 1 is 0.824 bits per heavy atom. The molecular weight excluding hydrogens is 224 g/mol. The average Bonchev–Trinajstić information content (AvgIpc) is 2.39. The molecule has 0 atom stereocenters. The molecule has 0 bridgehead atoms. The van der Waals surface area contributed by atoms with E-state index in [4.69, 9.17) is 0 Å². The van der Waals surface area contributed by atoms with Gasteiger partial charge in [-0.2, -0.15) is 0 Å². The molecule has 0 N–H and O–H groups in total. The number of hydrogen-bond donors (Lipinski definition) is 0. The van der Waals surface area contributed by atoms with Gasteiger partial charge in [0.25, 0.3) is 0 Å². The van der Waals surface area contributed by atoms with Gasteiger partial charge in [-0.15, -0.1) is 11.8 Å². The van der Waals surface area contributed by atoms with Gasteiger partial charge in [0, 0.05) is 10.6 Å². The van der Waals surface area contributed by atoms with Crippen LogP contribution in [0, 0.1) is 0 Å². The van der Waals surface area contributed by atoms with Gasteiger partial charge in [0.1, 0.15) is 0 Å². The zero-order chi connectivity index (χ0) is 12.1. The van der Waals surface area contributed by atoms with Crippen molar-refractivity contribution in [2.75, 3.05) is 5.75 Å². The van der Waals surface area contributed by atoms with Crippen LogP contribution < -0.4 is 0 Å². The molecule has 0 aliphatic heterocycles. The highest BCUT2D eigenvalue weighted by Crippen LogP contribution is 2.30. The third kappa shape index (κ3) is 3.37. The third-order valence-corrected chi connectivity index (χ3v) is 4.37. The van der Waals surface area contributed by atoms with E-state index in [0.717, 1.165) is 5.75 Å². The third-order valence-electron chi connectivity index (χ3n) is 2.90. The molecule has 0 fully saturated rings. The molecule has 2 aromatic rings. The van der Waals surface area contributed by atoms with Crippen molar-refractivity contribution >= 4 is 11.8 Å². The van der Waals surface area contributed by atoms with Crippen LogP contribution in [0.4, 0.5) is 0 Å². The molecule has 0 aromatic heterocycles. The van der Waals surface area contributed by atoms with Gasteiger partial charge >= 0.3 is 0 Å². The highest BCUT2D eigenvalue weighted by atomic mass is 32.2. The highest BCUT2D eigenvalue weighted by molar-refractivity contribution is 7.99. The summed E-state index contributed by atoms with van der Waals surface area (Å²) >= 11 is 1.92. The lowest BCUT2D eigenvalue weighted by Crippen LogP contribution is -2.20. The molecule has 0 saturated heterocycles. The van der Waals surface area contributed by atoms with Crippen LogP contribution in [0.3, 0.4) is 0 Å². The zero-order valence-corrected chi connectivity index (χ0v) is 11.2. The minimum Gasteiger partial charge on any atom is -0.125 e. The predicted octanol–water partition coefficient (Wildman–Crippen LogP) is 4.76. The lowest BCUT2D eigenvalue weighted by atomic mass is 9.87. The van der Waals surface area contributed by atoms with Crippen LogP contribution in [-0.2, 0) is 5.41 Å². The standard InChI is InChI=1S/C16H18S/c1-16(2,14-9-5-3-6-10-14)13-17-15-11-7-4-8-12-15/h3-12H,13H2,1-2H3. The van der Waals surface area contributed by atoms with Crippen molar-refractivity contribution < 1.29 is 0 Å². The first-order chi connectivity index (χ1) is 8.18. The fraction of sp³-hybridized carbons (Fsp3) is 0.250. The van der Waals surface area contributed by atoms with Crippen LogP contribution in [0.25, 0.3) is 0 Å². The minimum absolute atomic E-state index is 0.210. The van der Waals surface area contributed by atoms with Crippen molar-refractivity contribution in [3.8, 4) is 0 Å². The van der Waals surface area contributed by atoms with Crippen molar-refractivity contribution in [2.24, 2.45) is 0 Å². The fourth-order valence-corrected chi connectivity index (χ4v) is 2.80. The fourth-order valence-electron chi connectivity index (χ4n) is 1.75. The molecule has 17 heavy (non-hydrogen) atoms. The lowest BCUT2D eigenvalue weighted by molar-refractivity contribution is 0.602. The molecule has 88 valence electrons. The lowest BCUT2D eigenvalue weighted by Gasteiger charge is -2.24. The summed E-state index contributed by atoms with van der Waals surface area (Å²) in [6, 6.07) is 21.3. The maximum Gasteiger partial charge on any atom is 0.00722 e. The highest BCUT2D eigenvalue weighted by Gasteiger charge is 2.20. The molecule has 0 nitrogen and oxygen atoms in total. The van der Waals surface area contributed by atoms with E-state index in [2.05, 4.69) is 74.5 Å². The Hall–Kier alpha value is -1.21. The van der Waals surface area contributed by atoms with Crippen LogP contribution in [0.15, 0.2) is 65.6 Å². The van der Waals surface area contributed by atoms with Crippen molar-refractivity contribution in [2.45, 2.75) is 24.2 Å². The summed E-state index contributed by atoms with van der Waals surface area (Å²) in [4.78, 5) is 1.34. The Labute approximate surface area is 108 Å². The Morgan fingerprint density at radius 2 is 1.35 bits per heavy atom. The van der Waals surface area contributed by atoms with E-state index in [1.807, 2.05) is 11.8 Å². The normalized spacial score (nSPS) is 11.4. The predicted molar refractivity (Wildman–Crippen MR) is 76.6 cm³/mol. The van der Waals surface area contributed by atoms with Crippen LogP contribution >= 0.6 is 11.8 Å². The van der Waals surface area contributed by atoms with Crippen LogP contribution in [0.2, 0.25) is 0 Å². The first kappa shape index (κ1) is 12.3. The van der Waals surface area contributed by atoms with Gasteiger partial charge in [0.2, 0.25) is 0 Å². The summed E-state index contributed by atoms with van der Waals surface area (Å²) in [5, 5.41) is 0. The van der Waals surface area contributed by atoms with E-state index in [1.165, 1.54) is 10.5 Å². The molecule has 0 radical (unpaired) electrons.